The van der Waals surface area contributed by atoms with Gasteiger partial charge >= 0.3 is 0 Å². The molecule has 178 valence electrons. The summed E-state index contributed by atoms with van der Waals surface area (Å²) in [5, 5.41) is 8.70. The molecule has 3 aromatic heterocycles. The second-order valence-corrected chi connectivity index (χ2v) is 10.4. The number of ether oxygens (including phenoxy) is 1. The van der Waals surface area contributed by atoms with Crippen LogP contribution < -0.4 is 4.74 Å². The first-order chi connectivity index (χ1) is 16.7. The molecule has 0 aliphatic carbocycles. The molecule has 0 amide bonds. The molecule has 5 rings (SSSR count). The summed E-state index contributed by atoms with van der Waals surface area (Å²) in [5.41, 5.74) is 3.40. The molecule has 35 heavy (non-hydrogen) atoms. The van der Waals surface area contributed by atoms with Crippen LogP contribution in [0.3, 0.4) is 0 Å². The summed E-state index contributed by atoms with van der Waals surface area (Å²) < 4.78 is 40.0. The fraction of sp³-hybridized carbons (Fsp3) is 0.192. The molecule has 0 fully saturated rings. The van der Waals surface area contributed by atoms with E-state index >= 15 is 0 Å². The minimum absolute atomic E-state index is 0.0478. The zero-order chi connectivity index (χ0) is 24.7. The Kier molecular flexibility index (Phi) is 5.64. The smallest absolute Gasteiger partial charge is 0.268 e. The lowest BCUT2D eigenvalue weighted by molar-refractivity contribution is 0.233. The standard InChI is InChI=1S/C26H24N4O4S/c1-16(2)33-25-7-5-6-23(27-25)22-15-30(35(31,32)20-11-8-17(3)9-12-20)24-13-10-19(14-21(22)24)26-29-28-18(4)34-26/h5-16H,1-4H3. The number of rotatable bonds is 6. The van der Waals surface area contributed by atoms with E-state index in [9.17, 15) is 8.42 Å². The fourth-order valence-corrected chi connectivity index (χ4v) is 5.21. The lowest BCUT2D eigenvalue weighted by Crippen LogP contribution is -2.11. The first-order valence-electron chi connectivity index (χ1n) is 11.1. The number of aryl methyl sites for hydroxylation is 2. The van der Waals surface area contributed by atoms with E-state index < -0.39 is 10.0 Å². The highest BCUT2D eigenvalue weighted by molar-refractivity contribution is 7.90. The monoisotopic (exact) mass is 488 g/mol. The summed E-state index contributed by atoms with van der Waals surface area (Å²) >= 11 is 0. The molecule has 0 spiro atoms. The Morgan fingerprint density at radius 2 is 1.74 bits per heavy atom. The summed E-state index contributed by atoms with van der Waals surface area (Å²) in [6, 6.07) is 17.6. The van der Waals surface area contributed by atoms with Gasteiger partial charge < -0.3 is 9.15 Å². The number of benzene rings is 2. The highest BCUT2D eigenvalue weighted by Gasteiger charge is 2.23. The number of hydrogen-bond donors (Lipinski definition) is 0. The topological polar surface area (TPSA) is 100 Å². The van der Waals surface area contributed by atoms with Gasteiger partial charge in [0.1, 0.15) is 0 Å². The van der Waals surface area contributed by atoms with Crippen LogP contribution in [0.2, 0.25) is 0 Å². The molecule has 0 aliphatic rings. The summed E-state index contributed by atoms with van der Waals surface area (Å²) in [5.74, 6) is 1.26. The van der Waals surface area contributed by atoms with Crippen LogP contribution in [0, 0.1) is 13.8 Å². The Bertz CT molecular complexity index is 1630. The van der Waals surface area contributed by atoms with Gasteiger partial charge in [0.2, 0.25) is 17.7 Å². The molecule has 8 nitrogen and oxygen atoms in total. The molecule has 2 aromatic carbocycles. The van der Waals surface area contributed by atoms with Gasteiger partial charge in [-0.2, -0.15) is 0 Å². The normalized spacial score (nSPS) is 11.9. The summed E-state index contributed by atoms with van der Waals surface area (Å²) in [6.45, 7) is 7.48. The molecule has 9 heteroatoms. The predicted molar refractivity (Wildman–Crippen MR) is 133 cm³/mol. The number of aromatic nitrogens is 4. The Labute approximate surface area is 203 Å². The van der Waals surface area contributed by atoms with Gasteiger partial charge in [0.05, 0.1) is 22.2 Å². The van der Waals surface area contributed by atoms with Crippen molar-refractivity contribution in [3.8, 4) is 28.6 Å². The molecular weight excluding hydrogens is 464 g/mol. The van der Waals surface area contributed by atoms with Crippen molar-refractivity contribution in [1.82, 2.24) is 19.2 Å². The zero-order valence-corrected chi connectivity index (χ0v) is 20.6. The molecule has 0 saturated heterocycles. The number of hydrogen-bond acceptors (Lipinski definition) is 7. The van der Waals surface area contributed by atoms with Crippen LogP contribution in [0.15, 0.2) is 76.2 Å². The van der Waals surface area contributed by atoms with Crippen molar-refractivity contribution in [1.29, 1.82) is 0 Å². The van der Waals surface area contributed by atoms with Gasteiger partial charge in [-0.25, -0.2) is 17.4 Å². The molecule has 0 saturated carbocycles. The maximum Gasteiger partial charge on any atom is 0.268 e. The third-order valence-electron chi connectivity index (χ3n) is 5.48. The van der Waals surface area contributed by atoms with Gasteiger partial charge in [-0.1, -0.05) is 23.8 Å². The largest absolute Gasteiger partial charge is 0.475 e. The van der Waals surface area contributed by atoms with E-state index in [-0.39, 0.29) is 11.0 Å². The van der Waals surface area contributed by atoms with E-state index in [4.69, 9.17) is 9.15 Å². The third-order valence-corrected chi connectivity index (χ3v) is 7.17. The first kappa shape index (κ1) is 22.8. The summed E-state index contributed by atoms with van der Waals surface area (Å²) in [4.78, 5) is 4.84. The van der Waals surface area contributed by atoms with Crippen molar-refractivity contribution in [3.63, 3.8) is 0 Å². The quantitative estimate of drug-likeness (QED) is 0.316. The molecule has 5 aromatic rings. The van der Waals surface area contributed by atoms with Crippen molar-refractivity contribution in [2.75, 3.05) is 0 Å². The maximum atomic E-state index is 13.7. The van der Waals surface area contributed by atoms with Gasteiger partial charge in [0.15, 0.2) is 0 Å². The average molecular weight is 489 g/mol. The Hall–Kier alpha value is -3.98. The third kappa shape index (κ3) is 4.30. The van der Waals surface area contributed by atoms with Gasteiger partial charge in [0, 0.05) is 35.7 Å². The van der Waals surface area contributed by atoms with Crippen LogP contribution in [0.25, 0.3) is 33.6 Å². The van der Waals surface area contributed by atoms with Crippen LogP contribution in [-0.2, 0) is 10.0 Å². The minimum Gasteiger partial charge on any atom is -0.475 e. The van der Waals surface area contributed by atoms with E-state index in [1.807, 2.05) is 39.0 Å². The minimum atomic E-state index is -3.87. The van der Waals surface area contributed by atoms with Crippen LogP contribution in [-0.4, -0.2) is 33.7 Å². The molecule has 3 heterocycles. The maximum absolute atomic E-state index is 13.7. The highest BCUT2D eigenvalue weighted by Crippen LogP contribution is 2.35. The predicted octanol–water partition coefficient (Wildman–Crippen LogP) is 5.39. The lowest BCUT2D eigenvalue weighted by Gasteiger charge is -2.09. The van der Waals surface area contributed by atoms with E-state index in [0.29, 0.717) is 45.4 Å². The van der Waals surface area contributed by atoms with Gasteiger partial charge in [-0.15, -0.1) is 10.2 Å². The molecular formula is C26H24N4O4S. The van der Waals surface area contributed by atoms with Crippen LogP contribution in [0.5, 0.6) is 5.88 Å². The molecule has 0 aliphatic heterocycles. The number of nitrogens with zero attached hydrogens (tertiary/aromatic N) is 4. The SMILES string of the molecule is Cc1ccc(S(=O)(=O)n2cc(-c3cccc(OC(C)C)n3)c3cc(-c4nnc(C)o4)ccc32)cc1. The van der Waals surface area contributed by atoms with Gasteiger partial charge in [0.25, 0.3) is 10.0 Å². The van der Waals surface area contributed by atoms with Gasteiger partial charge in [-0.3, -0.25) is 0 Å². The Morgan fingerprint density at radius 1 is 0.971 bits per heavy atom. The highest BCUT2D eigenvalue weighted by atomic mass is 32.2. The van der Waals surface area contributed by atoms with Crippen LogP contribution in [0.1, 0.15) is 25.3 Å². The van der Waals surface area contributed by atoms with Crippen molar-refractivity contribution in [2.24, 2.45) is 0 Å². The van der Waals surface area contributed by atoms with E-state index in [1.165, 1.54) is 3.97 Å². The zero-order valence-electron chi connectivity index (χ0n) is 19.8. The summed E-state index contributed by atoms with van der Waals surface area (Å²) in [6.07, 6.45) is 1.55. The van der Waals surface area contributed by atoms with Crippen molar-refractivity contribution < 1.29 is 17.6 Å². The Morgan fingerprint density at radius 3 is 2.43 bits per heavy atom. The van der Waals surface area contributed by atoms with E-state index in [1.54, 1.807) is 55.6 Å². The van der Waals surface area contributed by atoms with E-state index in [0.717, 1.165) is 5.56 Å². The number of fused-ring (bicyclic) bond motifs is 1. The average Bonchev–Trinajstić information content (AvgIpc) is 3.43. The van der Waals surface area contributed by atoms with Gasteiger partial charge in [-0.05, 0) is 57.2 Å². The van der Waals surface area contributed by atoms with E-state index in [2.05, 4.69) is 15.2 Å². The van der Waals surface area contributed by atoms with Crippen LogP contribution >= 0.6 is 0 Å². The molecule has 0 bridgehead atoms. The van der Waals surface area contributed by atoms with Crippen molar-refractivity contribution in [3.05, 3.63) is 78.3 Å². The first-order valence-corrected chi connectivity index (χ1v) is 12.6. The molecule has 0 unspecified atom stereocenters. The van der Waals surface area contributed by atoms with Crippen molar-refractivity contribution >= 4 is 20.9 Å². The second-order valence-electron chi connectivity index (χ2n) is 8.54. The van der Waals surface area contributed by atoms with Crippen LogP contribution in [0.4, 0.5) is 0 Å². The van der Waals surface area contributed by atoms with Crippen molar-refractivity contribution in [2.45, 2.75) is 38.7 Å². The summed E-state index contributed by atoms with van der Waals surface area (Å²) in [7, 11) is -3.87. The molecule has 0 N–H and O–H groups in total. The fourth-order valence-electron chi connectivity index (χ4n) is 3.85. The second kappa shape index (κ2) is 8.66. The molecule has 0 atom stereocenters. The lowest BCUT2D eigenvalue weighted by atomic mass is 10.1. The Balaban J connectivity index is 1.74. The molecule has 0 radical (unpaired) electrons. The number of pyridine rings is 1.